The van der Waals surface area contributed by atoms with Gasteiger partial charge in [-0.2, -0.15) is 0 Å². The number of ether oxygens (including phenoxy) is 1. The maximum Gasteiger partial charge on any atom is 0.0917 e. The van der Waals surface area contributed by atoms with E-state index in [1.54, 1.807) is 7.11 Å². The first-order valence-corrected chi connectivity index (χ1v) is 6.47. The SMILES string of the molecule is COC1CCCN(CC(O)c2cccc(N)c2)C1. The first-order chi connectivity index (χ1) is 8.69. The second-order valence-electron chi connectivity index (χ2n) is 4.95. The Morgan fingerprint density at radius 2 is 2.39 bits per heavy atom. The molecule has 0 bridgehead atoms. The molecular formula is C14H22N2O2. The zero-order valence-corrected chi connectivity index (χ0v) is 10.9. The lowest BCUT2D eigenvalue weighted by atomic mass is 10.0. The topological polar surface area (TPSA) is 58.7 Å². The first-order valence-electron chi connectivity index (χ1n) is 6.47. The van der Waals surface area contributed by atoms with Gasteiger partial charge >= 0.3 is 0 Å². The summed E-state index contributed by atoms with van der Waals surface area (Å²) in [6, 6.07) is 7.46. The number of nitrogens with two attached hydrogens (primary N) is 1. The number of rotatable bonds is 4. The lowest BCUT2D eigenvalue weighted by Crippen LogP contribution is -2.41. The third-order valence-corrected chi connectivity index (χ3v) is 3.52. The first kappa shape index (κ1) is 13.3. The van der Waals surface area contributed by atoms with Crippen molar-refractivity contribution in [3.05, 3.63) is 29.8 Å². The molecule has 4 heteroatoms. The van der Waals surface area contributed by atoms with E-state index >= 15 is 0 Å². The Morgan fingerprint density at radius 3 is 3.11 bits per heavy atom. The van der Waals surface area contributed by atoms with Crippen LogP contribution in [0.25, 0.3) is 0 Å². The third-order valence-electron chi connectivity index (χ3n) is 3.52. The molecule has 1 aliphatic heterocycles. The number of hydrogen-bond acceptors (Lipinski definition) is 4. The molecule has 0 saturated carbocycles. The molecule has 1 fully saturated rings. The number of anilines is 1. The van der Waals surface area contributed by atoms with E-state index in [9.17, 15) is 5.11 Å². The summed E-state index contributed by atoms with van der Waals surface area (Å²) in [7, 11) is 1.75. The number of nitrogens with zero attached hydrogens (tertiary/aromatic N) is 1. The van der Waals surface area contributed by atoms with Gasteiger partial charge in [0, 0.05) is 25.9 Å². The highest BCUT2D eigenvalue weighted by Gasteiger charge is 2.21. The van der Waals surface area contributed by atoms with Gasteiger partial charge in [0.05, 0.1) is 12.2 Å². The summed E-state index contributed by atoms with van der Waals surface area (Å²) < 4.78 is 5.38. The van der Waals surface area contributed by atoms with Crippen LogP contribution in [0.5, 0.6) is 0 Å². The van der Waals surface area contributed by atoms with Gasteiger partial charge in [-0.05, 0) is 37.1 Å². The Morgan fingerprint density at radius 1 is 1.56 bits per heavy atom. The number of methoxy groups -OCH3 is 1. The largest absolute Gasteiger partial charge is 0.399 e. The lowest BCUT2D eigenvalue weighted by molar-refractivity contribution is 0.0128. The highest BCUT2D eigenvalue weighted by molar-refractivity contribution is 5.41. The fourth-order valence-corrected chi connectivity index (χ4v) is 2.49. The number of likely N-dealkylation sites (tertiary alicyclic amines) is 1. The molecule has 2 rings (SSSR count). The van der Waals surface area contributed by atoms with Crippen LogP contribution >= 0.6 is 0 Å². The minimum absolute atomic E-state index is 0.298. The van der Waals surface area contributed by atoms with E-state index in [1.165, 1.54) is 0 Å². The Bertz CT molecular complexity index is 384. The van der Waals surface area contributed by atoms with Crippen molar-refractivity contribution in [2.24, 2.45) is 0 Å². The fourth-order valence-electron chi connectivity index (χ4n) is 2.49. The van der Waals surface area contributed by atoms with Crippen molar-refractivity contribution in [2.45, 2.75) is 25.0 Å². The van der Waals surface area contributed by atoms with Gasteiger partial charge in [-0.1, -0.05) is 12.1 Å². The van der Waals surface area contributed by atoms with Crippen molar-refractivity contribution in [1.82, 2.24) is 4.90 Å². The van der Waals surface area contributed by atoms with Crippen molar-refractivity contribution < 1.29 is 9.84 Å². The highest BCUT2D eigenvalue weighted by Crippen LogP contribution is 2.20. The van der Waals surface area contributed by atoms with E-state index in [4.69, 9.17) is 10.5 Å². The van der Waals surface area contributed by atoms with Gasteiger partial charge in [-0.25, -0.2) is 0 Å². The van der Waals surface area contributed by atoms with Gasteiger partial charge in [0.1, 0.15) is 0 Å². The van der Waals surface area contributed by atoms with Crippen LogP contribution in [0, 0.1) is 0 Å². The number of aliphatic hydroxyl groups is 1. The molecule has 18 heavy (non-hydrogen) atoms. The van der Waals surface area contributed by atoms with Crippen LogP contribution in [0.15, 0.2) is 24.3 Å². The van der Waals surface area contributed by atoms with Gasteiger partial charge < -0.3 is 15.6 Å². The van der Waals surface area contributed by atoms with Crippen molar-refractivity contribution >= 4 is 5.69 Å². The standard InChI is InChI=1S/C14H22N2O2/c1-18-13-6-3-7-16(9-13)10-14(17)11-4-2-5-12(15)8-11/h2,4-5,8,13-14,17H,3,6-7,9-10,15H2,1H3. The third kappa shape index (κ3) is 3.45. The molecule has 0 aromatic heterocycles. The molecule has 0 amide bonds. The molecule has 4 nitrogen and oxygen atoms in total. The molecule has 3 N–H and O–H groups in total. The van der Waals surface area contributed by atoms with Crippen molar-refractivity contribution in [2.75, 3.05) is 32.5 Å². The van der Waals surface area contributed by atoms with E-state index in [1.807, 2.05) is 24.3 Å². The number of benzene rings is 1. The van der Waals surface area contributed by atoms with Crippen LogP contribution in [0.4, 0.5) is 5.69 Å². The average molecular weight is 250 g/mol. The quantitative estimate of drug-likeness (QED) is 0.793. The molecule has 2 atom stereocenters. The van der Waals surface area contributed by atoms with Crippen molar-refractivity contribution in [1.29, 1.82) is 0 Å². The molecule has 1 aliphatic rings. The van der Waals surface area contributed by atoms with Gasteiger partial charge in [-0.3, -0.25) is 4.90 Å². The van der Waals surface area contributed by atoms with Crippen LogP contribution in [0.2, 0.25) is 0 Å². The van der Waals surface area contributed by atoms with E-state index in [0.717, 1.165) is 31.5 Å². The molecule has 1 aromatic rings. The van der Waals surface area contributed by atoms with Crippen molar-refractivity contribution in [3.8, 4) is 0 Å². The van der Waals surface area contributed by atoms with E-state index in [0.29, 0.717) is 18.3 Å². The van der Waals surface area contributed by atoms with Crippen LogP contribution < -0.4 is 5.73 Å². The molecule has 2 unspecified atom stereocenters. The van der Waals surface area contributed by atoms with E-state index in [2.05, 4.69) is 4.90 Å². The number of aliphatic hydroxyl groups excluding tert-OH is 1. The van der Waals surface area contributed by atoms with Crippen molar-refractivity contribution in [3.63, 3.8) is 0 Å². The van der Waals surface area contributed by atoms with Crippen LogP contribution in [0.3, 0.4) is 0 Å². The zero-order chi connectivity index (χ0) is 13.0. The molecule has 1 aromatic carbocycles. The van der Waals surface area contributed by atoms with Gasteiger partial charge in [-0.15, -0.1) is 0 Å². The smallest absolute Gasteiger partial charge is 0.0917 e. The summed E-state index contributed by atoms with van der Waals surface area (Å²) in [4.78, 5) is 2.26. The maximum absolute atomic E-state index is 10.2. The van der Waals surface area contributed by atoms with E-state index in [-0.39, 0.29) is 0 Å². The van der Waals surface area contributed by atoms with Crippen LogP contribution in [0.1, 0.15) is 24.5 Å². The monoisotopic (exact) mass is 250 g/mol. The van der Waals surface area contributed by atoms with Crippen LogP contribution in [-0.2, 0) is 4.74 Å². The fraction of sp³-hybridized carbons (Fsp3) is 0.571. The minimum Gasteiger partial charge on any atom is -0.399 e. The number of hydrogen-bond donors (Lipinski definition) is 2. The summed E-state index contributed by atoms with van der Waals surface area (Å²) in [5.74, 6) is 0. The molecular weight excluding hydrogens is 228 g/mol. The number of piperidine rings is 1. The summed E-state index contributed by atoms with van der Waals surface area (Å²) in [5.41, 5.74) is 7.31. The number of β-amino-alcohol motifs (C(OH)–C–C–N with tert-alkyl or cyclic N) is 1. The minimum atomic E-state index is -0.482. The maximum atomic E-state index is 10.2. The molecule has 0 aliphatic carbocycles. The summed E-state index contributed by atoms with van der Waals surface area (Å²) in [6.07, 6.45) is 2.06. The molecule has 1 saturated heterocycles. The predicted molar refractivity (Wildman–Crippen MR) is 72.3 cm³/mol. The van der Waals surface area contributed by atoms with Gasteiger partial charge in [0.15, 0.2) is 0 Å². The predicted octanol–water partition coefficient (Wildman–Crippen LogP) is 1.41. The second-order valence-corrected chi connectivity index (χ2v) is 4.95. The molecule has 100 valence electrons. The number of nitrogen functional groups attached to an aromatic ring is 1. The molecule has 1 heterocycles. The lowest BCUT2D eigenvalue weighted by Gasteiger charge is -2.33. The van der Waals surface area contributed by atoms with Gasteiger partial charge in [0.25, 0.3) is 0 Å². The average Bonchev–Trinajstić information content (AvgIpc) is 2.39. The Kier molecular flexibility index (Phi) is 4.58. The summed E-state index contributed by atoms with van der Waals surface area (Å²) in [6.45, 7) is 2.57. The molecule has 0 radical (unpaired) electrons. The Hall–Kier alpha value is -1.10. The summed E-state index contributed by atoms with van der Waals surface area (Å²) >= 11 is 0. The second kappa shape index (κ2) is 6.18. The van der Waals surface area contributed by atoms with Crippen LogP contribution in [-0.4, -0.2) is 42.9 Å². The van der Waals surface area contributed by atoms with Gasteiger partial charge in [0.2, 0.25) is 0 Å². The summed E-state index contributed by atoms with van der Waals surface area (Å²) in [5, 5.41) is 10.2. The normalized spacial score (nSPS) is 22.9. The molecule has 0 spiro atoms. The Balaban J connectivity index is 1.92. The van der Waals surface area contributed by atoms with E-state index < -0.39 is 6.10 Å². The Labute approximate surface area is 108 Å². The highest BCUT2D eigenvalue weighted by atomic mass is 16.5. The zero-order valence-electron chi connectivity index (χ0n) is 10.9.